The monoisotopic (exact) mass is 332 g/mol. The number of nitrogens with zero attached hydrogens (tertiary/aromatic N) is 1. The summed E-state index contributed by atoms with van der Waals surface area (Å²) in [5.41, 5.74) is 6.88. The van der Waals surface area contributed by atoms with Crippen LogP contribution in [0.4, 0.5) is 9.52 Å². The second kappa shape index (κ2) is 5.87. The zero-order valence-corrected chi connectivity index (χ0v) is 12.8. The van der Waals surface area contributed by atoms with Gasteiger partial charge < -0.3 is 5.73 Å². The zero-order valence-electron chi connectivity index (χ0n) is 11.2. The van der Waals surface area contributed by atoms with E-state index in [0.29, 0.717) is 21.2 Å². The summed E-state index contributed by atoms with van der Waals surface area (Å²) in [6.07, 6.45) is 0. The molecule has 22 heavy (non-hydrogen) atoms. The van der Waals surface area contributed by atoms with Crippen molar-refractivity contribution in [3.8, 4) is 11.3 Å². The van der Waals surface area contributed by atoms with Crippen LogP contribution in [0.5, 0.6) is 0 Å². The lowest BCUT2D eigenvalue weighted by Crippen LogP contribution is -2.03. The Kier molecular flexibility index (Phi) is 3.92. The minimum Gasteiger partial charge on any atom is -0.375 e. The Morgan fingerprint density at radius 1 is 1.14 bits per heavy atom. The van der Waals surface area contributed by atoms with E-state index in [2.05, 4.69) is 4.98 Å². The Hall–Kier alpha value is -2.24. The van der Waals surface area contributed by atoms with E-state index in [1.807, 2.05) is 0 Å². The van der Waals surface area contributed by atoms with E-state index in [0.717, 1.165) is 11.3 Å². The number of carbonyl (C=O) groups excluding carboxylic acids is 1. The molecular formula is C16H10ClFN2OS. The third-order valence-electron chi connectivity index (χ3n) is 3.09. The number of nitrogen functional groups attached to an aromatic ring is 1. The number of anilines is 1. The van der Waals surface area contributed by atoms with Gasteiger partial charge in [0.1, 0.15) is 10.7 Å². The van der Waals surface area contributed by atoms with Gasteiger partial charge in [-0.15, -0.1) is 0 Å². The standard InChI is InChI=1S/C16H10ClFN2OS/c17-10-7-5-9(6-8-10)13-15(22-16(19)20-13)14(21)11-3-1-2-4-12(11)18/h1-8H,(H2,19,20). The van der Waals surface area contributed by atoms with E-state index in [9.17, 15) is 9.18 Å². The van der Waals surface area contributed by atoms with Gasteiger partial charge in [-0.25, -0.2) is 9.37 Å². The zero-order chi connectivity index (χ0) is 15.7. The van der Waals surface area contributed by atoms with Crippen molar-refractivity contribution in [2.75, 3.05) is 5.73 Å². The molecule has 1 aromatic heterocycles. The fraction of sp³-hybridized carbons (Fsp3) is 0. The van der Waals surface area contributed by atoms with Gasteiger partial charge in [0.15, 0.2) is 5.13 Å². The van der Waals surface area contributed by atoms with Crippen LogP contribution in [-0.4, -0.2) is 10.8 Å². The maximum Gasteiger partial charge on any atom is 0.208 e. The Bertz CT molecular complexity index is 846. The minimum absolute atomic E-state index is 0.00126. The van der Waals surface area contributed by atoms with Gasteiger partial charge in [-0.2, -0.15) is 0 Å². The summed E-state index contributed by atoms with van der Waals surface area (Å²) in [5.74, 6) is -1.00. The fourth-order valence-electron chi connectivity index (χ4n) is 2.06. The van der Waals surface area contributed by atoms with E-state index in [-0.39, 0.29) is 10.7 Å². The van der Waals surface area contributed by atoms with Crippen LogP contribution in [0.3, 0.4) is 0 Å². The molecule has 0 bridgehead atoms. The molecule has 0 aliphatic carbocycles. The number of hydrogen-bond donors (Lipinski definition) is 1. The summed E-state index contributed by atoms with van der Waals surface area (Å²) >= 11 is 6.91. The number of ketones is 1. The highest BCUT2D eigenvalue weighted by Crippen LogP contribution is 2.32. The van der Waals surface area contributed by atoms with Crippen LogP contribution in [-0.2, 0) is 0 Å². The van der Waals surface area contributed by atoms with E-state index in [1.165, 1.54) is 18.2 Å². The molecule has 0 aliphatic heterocycles. The van der Waals surface area contributed by atoms with Crippen LogP contribution < -0.4 is 5.73 Å². The number of aromatic nitrogens is 1. The molecule has 3 nitrogen and oxygen atoms in total. The van der Waals surface area contributed by atoms with Crippen molar-refractivity contribution >= 4 is 33.9 Å². The van der Waals surface area contributed by atoms with Crippen molar-refractivity contribution in [2.24, 2.45) is 0 Å². The molecule has 0 saturated carbocycles. The van der Waals surface area contributed by atoms with Crippen LogP contribution in [0.25, 0.3) is 11.3 Å². The van der Waals surface area contributed by atoms with E-state index >= 15 is 0 Å². The summed E-state index contributed by atoms with van der Waals surface area (Å²) in [5, 5.41) is 0.832. The number of rotatable bonds is 3. The number of thiazole rings is 1. The van der Waals surface area contributed by atoms with Gasteiger partial charge in [0.05, 0.1) is 11.3 Å². The summed E-state index contributed by atoms with van der Waals surface area (Å²) < 4.78 is 13.8. The molecule has 2 N–H and O–H groups in total. The Morgan fingerprint density at radius 2 is 1.82 bits per heavy atom. The predicted molar refractivity (Wildman–Crippen MR) is 86.8 cm³/mol. The highest BCUT2D eigenvalue weighted by atomic mass is 35.5. The second-order valence-electron chi connectivity index (χ2n) is 4.55. The Morgan fingerprint density at radius 3 is 2.50 bits per heavy atom. The quantitative estimate of drug-likeness (QED) is 0.722. The van der Waals surface area contributed by atoms with Crippen molar-refractivity contribution in [2.45, 2.75) is 0 Å². The topological polar surface area (TPSA) is 56.0 Å². The third kappa shape index (κ3) is 2.73. The largest absolute Gasteiger partial charge is 0.375 e. The first-order valence-electron chi connectivity index (χ1n) is 6.37. The first-order valence-corrected chi connectivity index (χ1v) is 7.57. The molecule has 0 atom stereocenters. The van der Waals surface area contributed by atoms with Gasteiger partial charge in [-0.05, 0) is 24.3 Å². The molecule has 3 aromatic rings. The molecule has 0 saturated heterocycles. The van der Waals surface area contributed by atoms with Crippen LogP contribution >= 0.6 is 22.9 Å². The van der Waals surface area contributed by atoms with Crippen LogP contribution in [0, 0.1) is 5.82 Å². The average molecular weight is 333 g/mol. The molecule has 2 aromatic carbocycles. The normalized spacial score (nSPS) is 10.6. The lowest BCUT2D eigenvalue weighted by atomic mass is 10.0. The van der Waals surface area contributed by atoms with Crippen molar-refractivity contribution in [1.82, 2.24) is 4.98 Å². The summed E-state index contributed by atoms with van der Waals surface area (Å²) in [4.78, 5) is 17.1. The van der Waals surface area contributed by atoms with Crippen molar-refractivity contribution in [1.29, 1.82) is 0 Å². The predicted octanol–water partition coefficient (Wildman–Crippen LogP) is 4.42. The lowest BCUT2D eigenvalue weighted by Gasteiger charge is -2.03. The highest BCUT2D eigenvalue weighted by molar-refractivity contribution is 7.18. The minimum atomic E-state index is -0.568. The van der Waals surface area contributed by atoms with E-state index in [1.54, 1.807) is 30.3 Å². The molecule has 0 radical (unpaired) electrons. The van der Waals surface area contributed by atoms with Gasteiger partial charge in [-0.3, -0.25) is 4.79 Å². The molecule has 110 valence electrons. The van der Waals surface area contributed by atoms with Crippen LogP contribution in [0.2, 0.25) is 5.02 Å². The van der Waals surface area contributed by atoms with Gasteiger partial charge >= 0.3 is 0 Å². The maximum absolute atomic E-state index is 13.8. The third-order valence-corrected chi connectivity index (χ3v) is 4.22. The highest BCUT2D eigenvalue weighted by Gasteiger charge is 2.22. The van der Waals surface area contributed by atoms with Gasteiger partial charge in [0.25, 0.3) is 0 Å². The van der Waals surface area contributed by atoms with Gasteiger partial charge in [-0.1, -0.05) is 47.2 Å². The number of halogens is 2. The number of benzene rings is 2. The van der Waals surface area contributed by atoms with Crippen molar-refractivity contribution in [3.05, 3.63) is 69.8 Å². The molecule has 6 heteroatoms. The average Bonchev–Trinajstić information content (AvgIpc) is 2.90. The van der Waals surface area contributed by atoms with Crippen molar-refractivity contribution in [3.63, 3.8) is 0 Å². The van der Waals surface area contributed by atoms with Gasteiger partial charge in [0, 0.05) is 10.6 Å². The van der Waals surface area contributed by atoms with Crippen molar-refractivity contribution < 1.29 is 9.18 Å². The Labute approximate surface area is 135 Å². The summed E-state index contributed by atoms with van der Waals surface area (Å²) in [7, 11) is 0. The summed E-state index contributed by atoms with van der Waals surface area (Å²) in [6, 6.07) is 12.7. The number of carbonyl (C=O) groups is 1. The van der Waals surface area contributed by atoms with Crippen LogP contribution in [0.15, 0.2) is 48.5 Å². The lowest BCUT2D eigenvalue weighted by molar-refractivity contribution is 0.103. The first kappa shape index (κ1) is 14.7. The molecule has 0 fully saturated rings. The maximum atomic E-state index is 13.8. The van der Waals surface area contributed by atoms with E-state index < -0.39 is 11.6 Å². The number of nitrogens with two attached hydrogens (primary N) is 1. The van der Waals surface area contributed by atoms with Gasteiger partial charge in [0.2, 0.25) is 5.78 Å². The van der Waals surface area contributed by atoms with E-state index in [4.69, 9.17) is 17.3 Å². The fourth-order valence-corrected chi connectivity index (χ4v) is 3.00. The molecular weight excluding hydrogens is 323 g/mol. The number of hydrogen-bond acceptors (Lipinski definition) is 4. The molecule has 0 amide bonds. The summed E-state index contributed by atoms with van der Waals surface area (Å²) in [6.45, 7) is 0. The molecule has 0 spiro atoms. The molecule has 1 heterocycles. The molecule has 0 aliphatic rings. The molecule has 0 unspecified atom stereocenters. The van der Waals surface area contributed by atoms with Crippen LogP contribution in [0.1, 0.15) is 15.2 Å². The molecule has 3 rings (SSSR count). The SMILES string of the molecule is Nc1nc(-c2ccc(Cl)cc2)c(C(=O)c2ccccc2F)s1. The Balaban J connectivity index is 2.10. The first-order chi connectivity index (χ1) is 10.6. The smallest absolute Gasteiger partial charge is 0.208 e. The second-order valence-corrected chi connectivity index (χ2v) is 6.01.